The minimum atomic E-state index is 0.378. The molecule has 0 unspecified atom stereocenters. The number of carbonyl (C=O) groups is 1. The molecule has 1 rings (SSSR count). The summed E-state index contributed by atoms with van der Waals surface area (Å²) in [7, 11) is 1.77. The van der Waals surface area contributed by atoms with Gasteiger partial charge in [0, 0.05) is 36.3 Å². The fourth-order valence-electron chi connectivity index (χ4n) is 1.79. The van der Waals surface area contributed by atoms with Gasteiger partial charge < -0.3 is 10.7 Å². The minimum absolute atomic E-state index is 0.378. The molecule has 0 radical (unpaired) electrons. The standard InChI is InChI=1S/C14H19N3O/c1-4-5-11-6-12(14(9-18)17-7-11)13(8-16-3)10(2)15/h6-9,15-16H,4-5H2,1-3H3/b13-8+,15-10?. The highest BCUT2D eigenvalue weighted by Gasteiger charge is 2.11. The number of nitrogens with zero attached hydrogens (tertiary/aromatic N) is 1. The third kappa shape index (κ3) is 3.26. The zero-order chi connectivity index (χ0) is 13.5. The van der Waals surface area contributed by atoms with Gasteiger partial charge in [-0.1, -0.05) is 13.3 Å². The maximum absolute atomic E-state index is 11.0. The summed E-state index contributed by atoms with van der Waals surface area (Å²) in [5.74, 6) is 0. The Kier molecular flexibility index (Phi) is 5.24. The zero-order valence-corrected chi connectivity index (χ0v) is 11.1. The number of rotatable bonds is 6. The quantitative estimate of drug-likeness (QED) is 0.597. The van der Waals surface area contributed by atoms with Crippen molar-refractivity contribution in [2.75, 3.05) is 7.05 Å². The van der Waals surface area contributed by atoms with E-state index in [1.54, 1.807) is 26.4 Å². The summed E-state index contributed by atoms with van der Waals surface area (Å²) in [6, 6.07) is 1.95. The van der Waals surface area contributed by atoms with Crippen LogP contribution in [0.15, 0.2) is 18.5 Å². The van der Waals surface area contributed by atoms with Gasteiger partial charge in [0.2, 0.25) is 0 Å². The van der Waals surface area contributed by atoms with Crippen LogP contribution in [0.25, 0.3) is 5.57 Å². The molecular weight excluding hydrogens is 226 g/mol. The fraction of sp³-hybridized carbons (Fsp3) is 0.357. The first-order valence-electron chi connectivity index (χ1n) is 6.01. The Balaban J connectivity index is 3.33. The van der Waals surface area contributed by atoms with Crippen LogP contribution < -0.4 is 5.32 Å². The molecule has 18 heavy (non-hydrogen) atoms. The molecule has 0 bridgehead atoms. The molecule has 1 aromatic rings. The average molecular weight is 245 g/mol. The molecule has 4 nitrogen and oxygen atoms in total. The fourth-order valence-corrected chi connectivity index (χ4v) is 1.79. The monoisotopic (exact) mass is 245 g/mol. The zero-order valence-electron chi connectivity index (χ0n) is 11.1. The van der Waals surface area contributed by atoms with Crippen molar-refractivity contribution in [1.29, 1.82) is 5.41 Å². The van der Waals surface area contributed by atoms with E-state index in [1.165, 1.54) is 0 Å². The molecule has 0 amide bonds. The number of hydrogen-bond acceptors (Lipinski definition) is 4. The Bertz CT molecular complexity index is 478. The van der Waals surface area contributed by atoms with Crippen molar-refractivity contribution in [2.24, 2.45) is 0 Å². The number of carbonyl (C=O) groups excluding carboxylic acids is 1. The SMILES string of the molecule is CCCc1cnc(C=O)c(/C(=C/NC)C(C)=N)c1. The van der Waals surface area contributed by atoms with E-state index >= 15 is 0 Å². The molecule has 0 atom stereocenters. The van der Waals surface area contributed by atoms with Gasteiger partial charge >= 0.3 is 0 Å². The van der Waals surface area contributed by atoms with Gasteiger partial charge in [-0.05, 0) is 25.0 Å². The number of aldehydes is 1. The number of hydrogen-bond donors (Lipinski definition) is 2. The summed E-state index contributed by atoms with van der Waals surface area (Å²) in [6.45, 7) is 3.80. The topological polar surface area (TPSA) is 65.8 Å². The number of nitrogens with one attached hydrogen (secondary N) is 2. The highest BCUT2D eigenvalue weighted by atomic mass is 16.1. The smallest absolute Gasteiger partial charge is 0.169 e. The Morgan fingerprint density at radius 3 is 2.78 bits per heavy atom. The van der Waals surface area contributed by atoms with E-state index in [4.69, 9.17) is 5.41 Å². The lowest BCUT2D eigenvalue weighted by Crippen LogP contribution is -2.07. The molecule has 0 aliphatic heterocycles. The number of pyridine rings is 1. The lowest BCUT2D eigenvalue weighted by molar-refractivity contribution is 0.111. The van der Waals surface area contributed by atoms with Crippen molar-refractivity contribution in [2.45, 2.75) is 26.7 Å². The molecule has 1 heterocycles. The van der Waals surface area contributed by atoms with E-state index in [-0.39, 0.29) is 0 Å². The van der Waals surface area contributed by atoms with E-state index in [0.717, 1.165) is 30.3 Å². The van der Waals surface area contributed by atoms with Crippen LogP contribution in [0, 0.1) is 5.41 Å². The minimum Gasteiger partial charge on any atom is -0.393 e. The molecule has 96 valence electrons. The van der Waals surface area contributed by atoms with Gasteiger partial charge in [-0.2, -0.15) is 0 Å². The predicted molar refractivity (Wildman–Crippen MR) is 74.1 cm³/mol. The molecule has 0 aliphatic carbocycles. The first-order chi connectivity index (χ1) is 8.63. The highest BCUT2D eigenvalue weighted by Crippen LogP contribution is 2.19. The molecule has 0 saturated carbocycles. The van der Waals surface area contributed by atoms with E-state index in [2.05, 4.69) is 17.2 Å². The molecule has 0 saturated heterocycles. The normalized spacial score (nSPS) is 11.2. The molecule has 0 aromatic carbocycles. The van der Waals surface area contributed by atoms with Crippen LogP contribution in [-0.2, 0) is 6.42 Å². The molecule has 0 aliphatic rings. The van der Waals surface area contributed by atoms with Crippen molar-refractivity contribution < 1.29 is 4.79 Å². The van der Waals surface area contributed by atoms with Crippen molar-refractivity contribution >= 4 is 17.6 Å². The van der Waals surface area contributed by atoms with Gasteiger partial charge in [0.1, 0.15) is 5.69 Å². The largest absolute Gasteiger partial charge is 0.393 e. The van der Waals surface area contributed by atoms with Gasteiger partial charge in [-0.3, -0.25) is 9.78 Å². The van der Waals surface area contributed by atoms with Gasteiger partial charge in [0.05, 0.1) is 0 Å². The number of allylic oxidation sites excluding steroid dienone is 1. The third-order valence-corrected chi connectivity index (χ3v) is 2.61. The Hall–Kier alpha value is -1.97. The molecule has 0 fully saturated rings. The summed E-state index contributed by atoms with van der Waals surface area (Å²) >= 11 is 0. The number of aryl methyl sites for hydroxylation is 1. The van der Waals surface area contributed by atoms with Crippen LogP contribution >= 0.6 is 0 Å². The second kappa shape index (κ2) is 6.69. The van der Waals surface area contributed by atoms with Gasteiger partial charge in [0.25, 0.3) is 0 Å². The van der Waals surface area contributed by atoms with Crippen LogP contribution in [0.3, 0.4) is 0 Å². The van der Waals surface area contributed by atoms with Crippen LogP contribution in [-0.4, -0.2) is 24.0 Å². The van der Waals surface area contributed by atoms with Gasteiger partial charge in [0.15, 0.2) is 6.29 Å². The first kappa shape index (κ1) is 14.1. The van der Waals surface area contributed by atoms with Crippen LogP contribution in [0.5, 0.6) is 0 Å². The molecule has 1 aromatic heterocycles. The first-order valence-corrected chi connectivity index (χ1v) is 6.01. The van der Waals surface area contributed by atoms with Gasteiger partial charge in [-0.15, -0.1) is 0 Å². The summed E-state index contributed by atoms with van der Waals surface area (Å²) in [5, 5.41) is 10.7. The average Bonchev–Trinajstić information content (AvgIpc) is 2.36. The van der Waals surface area contributed by atoms with Crippen LogP contribution in [0.2, 0.25) is 0 Å². The summed E-state index contributed by atoms with van der Waals surface area (Å²) in [6.07, 6.45) is 6.13. The van der Waals surface area contributed by atoms with Crippen LogP contribution in [0.1, 0.15) is 41.9 Å². The number of aromatic nitrogens is 1. The van der Waals surface area contributed by atoms with E-state index in [0.29, 0.717) is 17.0 Å². The Labute approximate surface area is 108 Å². The second-order valence-corrected chi connectivity index (χ2v) is 4.12. The molecule has 4 heteroatoms. The Morgan fingerprint density at radius 2 is 2.28 bits per heavy atom. The third-order valence-electron chi connectivity index (χ3n) is 2.61. The Morgan fingerprint density at radius 1 is 1.56 bits per heavy atom. The van der Waals surface area contributed by atoms with Crippen molar-refractivity contribution in [3.8, 4) is 0 Å². The van der Waals surface area contributed by atoms with Crippen molar-refractivity contribution in [1.82, 2.24) is 10.3 Å². The lowest BCUT2D eigenvalue weighted by Gasteiger charge is -2.10. The van der Waals surface area contributed by atoms with Crippen molar-refractivity contribution in [3.63, 3.8) is 0 Å². The van der Waals surface area contributed by atoms with Gasteiger partial charge in [-0.25, -0.2) is 0 Å². The molecule has 0 spiro atoms. The summed E-state index contributed by atoms with van der Waals surface area (Å²) in [4.78, 5) is 15.2. The maximum atomic E-state index is 11.0. The van der Waals surface area contributed by atoms with E-state index < -0.39 is 0 Å². The molecule has 2 N–H and O–H groups in total. The maximum Gasteiger partial charge on any atom is 0.169 e. The summed E-state index contributed by atoms with van der Waals surface area (Å²) < 4.78 is 0. The van der Waals surface area contributed by atoms with E-state index in [1.807, 2.05) is 6.07 Å². The van der Waals surface area contributed by atoms with Crippen LogP contribution in [0.4, 0.5) is 0 Å². The molecular formula is C14H19N3O. The predicted octanol–water partition coefficient (Wildman–Crippen LogP) is 2.45. The highest BCUT2D eigenvalue weighted by molar-refractivity contribution is 6.22. The van der Waals surface area contributed by atoms with E-state index in [9.17, 15) is 4.79 Å². The summed E-state index contributed by atoms with van der Waals surface area (Å²) in [5.41, 5.74) is 3.29. The second-order valence-electron chi connectivity index (χ2n) is 4.12. The van der Waals surface area contributed by atoms with Crippen molar-refractivity contribution in [3.05, 3.63) is 35.3 Å². The lowest BCUT2D eigenvalue weighted by atomic mass is 9.98.